The number of halogens is 1. The Kier molecular flexibility index (Phi) is 8.12. The molecule has 0 radical (unpaired) electrons. The van der Waals surface area contributed by atoms with Gasteiger partial charge in [0.2, 0.25) is 0 Å². The first-order chi connectivity index (χ1) is 18.6. The number of carbonyl (C=O) groups is 1. The molecule has 0 aliphatic rings. The number of sulfonamides is 1. The topological polar surface area (TPSA) is 135 Å². The van der Waals surface area contributed by atoms with Crippen molar-refractivity contribution < 1.29 is 22.6 Å². The summed E-state index contributed by atoms with van der Waals surface area (Å²) in [4.78, 5) is 23.2. The fourth-order valence-electron chi connectivity index (χ4n) is 3.66. The van der Waals surface area contributed by atoms with Gasteiger partial charge < -0.3 is 4.42 Å². The van der Waals surface area contributed by atoms with Gasteiger partial charge in [-0.2, -0.15) is 5.10 Å². The normalized spacial score (nSPS) is 11.5. The van der Waals surface area contributed by atoms with Crippen molar-refractivity contribution in [2.24, 2.45) is 5.10 Å². The molecule has 0 saturated heterocycles. The van der Waals surface area contributed by atoms with E-state index in [2.05, 4.69) is 10.5 Å². The number of hydrogen-bond donors (Lipinski definition) is 1. The summed E-state index contributed by atoms with van der Waals surface area (Å²) < 4.78 is 33.7. The van der Waals surface area contributed by atoms with Gasteiger partial charge in [0.05, 0.1) is 21.7 Å². The van der Waals surface area contributed by atoms with E-state index >= 15 is 0 Å². The molecule has 0 bridgehead atoms. The molecular formula is C27H23ClN4O6S. The van der Waals surface area contributed by atoms with E-state index < -0.39 is 27.4 Å². The number of benzene rings is 3. The van der Waals surface area contributed by atoms with Crippen molar-refractivity contribution in [3.8, 4) is 11.3 Å². The molecule has 12 heteroatoms. The number of nitrogens with zero attached hydrogens (tertiary/aromatic N) is 3. The maximum absolute atomic E-state index is 13.5. The number of non-ortho nitro benzene ring substituents is 1. The number of carbonyl (C=O) groups excluding carboxylic acids is 1. The van der Waals surface area contributed by atoms with Gasteiger partial charge in [-0.05, 0) is 67.9 Å². The Hall–Kier alpha value is -4.48. The molecule has 0 atom stereocenters. The average Bonchev–Trinajstić information content (AvgIpc) is 3.38. The second kappa shape index (κ2) is 11.5. The lowest BCUT2D eigenvalue weighted by Gasteiger charge is -2.25. The minimum atomic E-state index is -4.12. The number of amides is 1. The van der Waals surface area contributed by atoms with Crippen LogP contribution in [0.1, 0.15) is 16.9 Å². The lowest BCUT2D eigenvalue weighted by Crippen LogP contribution is -2.40. The largest absolute Gasteiger partial charge is 0.455 e. The molecule has 4 rings (SSSR count). The van der Waals surface area contributed by atoms with E-state index in [0.717, 1.165) is 9.87 Å². The van der Waals surface area contributed by atoms with Crippen LogP contribution in [0.15, 0.2) is 93.3 Å². The van der Waals surface area contributed by atoms with E-state index in [-0.39, 0.29) is 16.3 Å². The summed E-state index contributed by atoms with van der Waals surface area (Å²) in [5, 5.41) is 15.1. The number of furan rings is 1. The molecule has 1 N–H and O–H groups in total. The number of anilines is 1. The number of hydrazone groups is 1. The Morgan fingerprint density at radius 2 is 1.74 bits per heavy atom. The molecule has 1 aromatic heterocycles. The van der Waals surface area contributed by atoms with Gasteiger partial charge in [0.1, 0.15) is 18.1 Å². The number of rotatable bonds is 9. The molecule has 1 heterocycles. The maximum atomic E-state index is 13.5. The first kappa shape index (κ1) is 27.6. The zero-order chi connectivity index (χ0) is 28.2. The van der Waals surface area contributed by atoms with Crippen LogP contribution in [0.4, 0.5) is 11.4 Å². The van der Waals surface area contributed by atoms with E-state index in [9.17, 15) is 23.3 Å². The first-order valence-electron chi connectivity index (χ1n) is 11.6. The van der Waals surface area contributed by atoms with Crippen molar-refractivity contribution in [2.75, 3.05) is 10.8 Å². The van der Waals surface area contributed by atoms with Crippen LogP contribution in [-0.4, -0.2) is 32.0 Å². The Balaban J connectivity index is 1.51. The molecule has 0 fully saturated rings. The van der Waals surface area contributed by atoms with Gasteiger partial charge in [-0.25, -0.2) is 13.8 Å². The van der Waals surface area contributed by atoms with Gasteiger partial charge >= 0.3 is 0 Å². The van der Waals surface area contributed by atoms with Crippen LogP contribution in [0.2, 0.25) is 5.02 Å². The van der Waals surface area contributed by atoms with E-state index in [1.165, 1.54) is 30.5 Å². The van der Waals surface area contributed by atoms with Crippen LogP contribution in [0.3, 0.4) is 0 Å². The van der Waals surface area contributed by atoms with Crippen LogP contribution in [0.25, 0.3) is 11.3 Å². The van der Waals surface area contributed by atoms with Gasteiger partial charge in [0.25, 0.3) is 21.6 Å². The zero-order valence-corrected chi connectivity index (χ0v) is 22.4. The number of nitro groups is 1. The Bertz CT molecular complexity index is 1650. The minimum absolute atomic E-state index is 0.0261. The van der Waals surface area contributed by atoms with E-state index in [1.54, 1.807) is 61.5 Å². The zero-order valence-electron chi connectivity index (χ0n) is 20.9. The third-order valence-electron chi connectivity index (χ3n) is 5.77. The van der Waals surface area contributed by atoms with Crippen molar-refractivity contribution in [1.82, 2.24) is 5.43 Å². The summed E-state index contributed by atoms with van der Waals surface area (Å²) in [6, 6.07) is 20.2. The number of aryl methyl sites for hydroxylation is 1. The fraction of sp³-hybridized carbons (Fsp3) is 0.111. The molecule has 0 saturated carbocycles. The van der Waals surface area contributed by atoms with Crippen LogP contribution in [0.5, 0.6) is 0 Å². The van der Waals surface area contributed by atoms with Crippen LogP contribution in [-0.2, 0) is 14.8 Å². The van der Waals surface area contributed by atoms with Crippen molar-refractivity contribution in [2.45, 2.75) is 18.7 Å². The lowest BCUT2D eigenvalue weighted by molar-refractivity contribution is -0.384. The number of nitro benzene ring substituents is 1. The smallest absolute Gasteiger partial charge is 0.269 e. The number of hydrogen-bond acceptors (Lipinski definition) is 7. The van der Waals surface area contributed by atoms with E-state index in [1.807, 2.05) is 6.92 Å². The number of nitrogens with one attached hydrogen (secondary N) is 1. The molecule has 10 nitrogen and oxygen atoms in total. The van der Waals surface area contributed by atoms with Crippen LogP contribution < -0.4 is 9.73 Å². The van der Waals surface area contributed by atoms with Crippen molar-refractivity contribution in [3.63, 3.8) is 0 Å². The Morgan fingerprint density at radius 1 is 1.05 bits per heavy atom. The summed E-state index contributed by atoms with van der Waals surface area (Å²) in [5.74, 6) is 0.0615. The summed E-state index contributed by atoms with van der Waals surface area (Å²) in [5.41, 5.74) is 4.56. The molecule has 0 aliphatic heterocycles. The SMILES string of the molecule is Cc1ccc(S(=O)(=O)N(CC(=O)N/N=C\c2ccc(-c3ccc([N+](=O)[O-])cc3)o2)c2cccc(Cl)c2C)cc1. The molecule has 39 heavy (non-hydrogen) atoms. The molecule has 4 aromatic rings. The monoisotopic (exact) mass is 566 g/mol. The molecule has 0 aliphatic carbocycles. The van der Waals surface area contributed by atoms with Gasteiger partial charge in [-0.15, -0.1) is 0 Å². The second-order valence-corrected chi connectivity index (χ2v) is 10.8. The second-order valence-electron chi connectivity index (χ2n) is 8.51. The fourth-order valence-corrected chi connectivity index (χ4v) is 5.31. The maximum Gasteiger partial charge on any atom is 0.269 e. The summed E-state index contributed by atoms with van der Waals surface area (Å²) in [6.45, 7) is 2.96. The van der Waals surface area contributed by atoms with Gasteiger partial charge in [-0.3, -0.25) is 19.2 Å². The highest BCUT2D eigenvalue weighted by Crippen LogP contribution is 2.31. The predicted molar refractivity (Wildman–Crippen MR) is 148 cm³/mol. The highest BCUT2D eigenvalue weighted by atomic mass is 35.5. The van der Waals surface area contributed by atoms with Crippen molar-refractivity contribution >= 4 is 45.1 Å². The summed E-state index contributed by atoms with van der Waals surface area (Å²) >= 11 is 6.24. The molecule has 0 unspecified atom stereocenters. The summed E-state index contributed by atoms with van der Waals surface area (Å²) in [6.07, 6.45) is 1.26. The third-order valence-corrected chi connectivity index (χ3v) is 7.96. The Labute approximate surface area is 229 Å². The lowest BCUT2D eigenvalue weighted by atomic mass is 10.1. The predicted octanol–water partition coefficient (Wildman–Crippen LogP) is 5.47. The van der Waals surface area contributed by atoms with Crippen LogP contribution in [0, 0.1) is 24.0 Å². The van der Waals surface area contributed by atoms with Crippen molar-refractivity contribution in [3.05, 3.63) is 111 Å². The van der Waals surface area contributed by atoms with Crippen molar-refractivity contribution in [1.29, 1.82) is 0 Å². The van der Waals surface area contributed by atoms with Gasteiger partial charge in [-0.1, -0.05) is 35.4 Å². The first-order valence-corrected chi connectivity index (χ1v) is 13.4. The average molecular weight is 567 g/mol. The molecule has 1 amide bonds. The highest BCUT2D eigenvalue weighted by molar-refractivity contribution is 7.92. The van der Waals surface area contributed by atoms with Gasteiger partial charge in [0.15, 0.2) is 0 Å². The van der Waals surface area contributed by atoms with E-state index in [4.69, 9.17) is 16.0 Å². The molecule has 3 aromatic carbocycles. The van der Waals surface area contributed by atoms with Gasteiger partial charge in [0, 0.05) is 22.7 Å². The van der Waals surface area contributed by atoms with Crippen LogP contribution >= 0.6 is 11.6 Å². The molecule has 0 spiro atoms. The quantitative estimate of drug-likeness (QED) is 0.162. The van der Waals surface area contributed by atoms with E-state index in [0.29, 0.717) is 27.7 Å². The highest BCUT2D eigenvalue weighted by Gasteiger charge is 2.28. The Morgan fingerprint density at radius 3 is 2.41 bits per heavy atom. The molecule has 200 valence electrons. The summed E-state index contributed by atoms with van der Waals surface area (Å²) in [7, 11) is -4.12. The third kappa shape index (κ3) is 6.33. The molecular weight excluding hydrogens is 544 g/mol. The minimum Gasteiger partial charge on any atom is -0.455 e. The standard InChI is InChI=1S/C27H23ClN4O6S/c1-18-6-13-23(14-7-18)39(36,37)31(25-5-3-4-24(28)19(25)2)17-27(33)30-29-16-22-12-15-26(38-22)20-8-10-21(11-9-20)32(34)35/h3-16H,17H2,1-2H3,(H,30,33)/b29-16-.